The molecule has 1 fully saturated rings. The highest BCUT2D eigenvalue weighted by atomic mass is 35.5. The van der Waals surface area contributed by atoms with Gasteiger partial charge in [0.2, 0.25) is 0 Å². The Kier molecular flexibility index (Phi) is 4.85. The lowest BCUT2D eigenvalue weighted by molar-refractivity contribution is 0.0725. The molecule has 1 saturated heterocycles. The van der Waals surface area contributed by atoms with Crippen molar-refractivity contribution in [2.24, 2.45) is 5.92 Å². The summed E-state index contributed by atoms with van der Waals surface area (Å²) in [6, 6.07) is 5.46. The van der Waals surface area contributed by atoms with Crippen LogP contribution in [0, 0.1) is 5.92 Å². The minimum absolute atomic E-state index is 0.00516. The number of hydrogen-bond acceptors (Lipinski definition) is 3. The molecule has 3 nitrogen and oxygen atoms in total. The highest BCUT2D eigenvalue weighted by Gasteiger charge is 2.29. The number of aromatic nitrogens is 1. The van der Waals surface area contributed by atoms with E-state index < -0.39 is 0 Å². The molecule has 6 heteroatoms. The number of thiazole rings is 1. The molecule has 1 aliphatic carbocycles. The van der Waals surface area contributed by atoms with Crippen molar-refractivity contribution in [2.75, 3.05) is 13.1 Å². The first-order valence-corrected chi connectivity index (χ1v) is 10.1. The number of benzene rings is 1. The second-order valence-corrected chi connectivity index (χ2v) is 8.20. The SMILES string of the molecule is O=C(c1csc(-c2cccc(Cl)c2Cl)n1)N1CC[C@H]2CCCC=C2C1. The summed E-state index contributed by atoms with van der Waals surface area (Å²) in [5, 5.41) is 3.51. The number of hydrogen-bond donors (Lipinski definition) is 0. The molecule has 1 atom stereocenters. The molecule has 0 spiro atoms. The van der Waals surface area contributed by atoms with Crippen molar-refractivity contribution in [3.63, 3.8) is 0 Å². The maximum absolute atomic E-state index is 12.9. The lowest BCUT2D eigenvalue weighted by atomic mass is 9.82. The lowest BCUT2D eigenvalue weighted by Gasteiger charge is -2.36. The van der Waals surface area contributed by atoms with E-state index in [4.69, 9.17) is 23.2 Å². The Morgan fingerprint density at radius 1 is 1.28 bits per heavy atom. The van der Waals surface area contributed by atoms with Crippen LogP contribution in [0.1, 0.15) is 36.2 Å². The Labute approximate surface area is 161 Å². The third-order valence-corrected chi connectivity index (χ3v) is 6.70. The zero-order valence-electron chi connectivity index (χ0n) is 13.7. The van der Waals surface area contributed by atoms with Gasteiger partial charge in [-0.25, -0.2) is 4.98 Å². The average Bonchev–Trinajstić information content (AvgIpc) is 3.13. The summed E-state index contributed by atoms with van der Waals surface area (Å²) in [5.41, 5.74) is 2.69. The number of carbonyl (C=O) groups excluding carboxylic acids is 1. The number of halogens is 2. The monoisotopic (exact) mass is 392 g/mol. The molecule has 2 heterocycles. The maximum atomic E-state index is 12.9. The van der Waals surface area contributed by atoms with Crippen molar-refractivity contribution >= 4 is 40.4 Å². The predicted octanol–water partition coefficient (Wildman–Crippen LogP) is 5.69. The molecule has 2 aromatic rings. The van der Waals surface area contributed by atoms with Crippen molar-refractivity contribution in [3.8, 4) is 10.6 Å². The van der Waals surface area contributed by atoms with E-state index in [9.17, 15) is 4.79 Å². The first-order chi connectivity index (χ1) is 12.1. The molecule has 0 unspecified atom stereocenters. The number of allylic oxidation sites excluding steroid dienone is 1. The summed E-state index contributed by atoms with van der Waals surface area (Å²) < 4.78 is 0. The molecule has 0 saturated carbocycles. The van der Waals surface area contributed by atoms with Gasteiger partial charge in [0, 0.05) is 24.0 Å². The van der Waals surface area contributed by atoms with E-state index in [1.165, 1.54) is 29.8 Å². The molecule has 1 aromatic heterocycles. The number of amides is 1. The van der Waals surface area contributed by atoms with Crippen LogP contribution in [0.25, 0.3) is 10.6 Å². The van der Waals surface area contributed by atoms with Crippen LogP contribution in [0.2, 0.25) is 10.0 Å². The lowest BCUT2D eigenvalue weighted by Crippen LogP contribution is -2.40. The molecular formula is C19H18Cl2N2OS. The van der Waals surface area contributed by atoms with E-state index >= 15 is 0 Å². The summed E-state index contributed by atoms with van der Waals surface area (Å²) in [6.07, 6.45) is 7.07. The molecule has 4 rings (SSSR count). The van der Waals surface area contributed by atoms with E-state index in [1.807, 2.05) is 22.4 Å². The van der Waals surface area contributed by atoms with Gasteiger partial charge in [-0.3, -0.25) is 4.79 Å². The Bertz CT molecular complexity index is 846. The van der Waals surface area contributed by atoms with Gasteiger partial charge in [-0.15, -0.1) is 11.3 Å². The third kappa shape index (κ3) is 3.35. The van der Waals surface area contributed by atoms with Crippen molar-refractivity contribution in [1.82, 2.24) is 9.88 Å². The fraction of sp³-hybridized carbons (Fsp3) is 0.368. The fourth-order valence-electron chi connectivity index (χ4n) is 3.64. The Morgan fingerprint density at radius 3 is 3.04 bits per heavy atom. The molecule has 0 radical (unpaired) electrons. The molecule has 130 valence electrons. The van der Waals surface area contributed by atoms with Gasteiger partial charge in [0.1, 0.15) is 10.7 Å². The van der Waals surface area contributed by atoms with Gasteiger partial charge in [0.05, 0.1) is 10.0 Å². The highest BCUT2D eigenvalue weighted by molar-refractivity contribution is 7.13. The van der Waals surface area contributed by atoms with E-state index in [1.54, 1.807) is 6.07 Å². The van der Waals surface area contributed by atoms with Gasteiger partial charge in [-0.05, 0) is 37.7 Å². The fourth-order valence-corrected chi connectivity index (χ4v) is 4.91. The van der Waals surface area contributed by atoms with E-state index in [-0.39, 0.29) is 5.91 Å². The smallest absolute Gasteiger partial charge is 0.273 e. The Balaban J connectivity index is 1.55. The summed E-state index contributed by atoms with van der Waals surface area (Å²) in [6.45, 7) is 1.56. The summed E-state index contributed by atoms with van der Waals surface area (Å²) >= 11 is 13.8. The molecule has 1 amide bonds. The molecule has 1 aliphatic heterocycles. The van der Waals surface area contributed by atoms with Crippen LogP contribution >= 0.6 is 34.5 Å². The average molecular weight is 393 g/mol. The molecular weight excluding hydrogens is 375 g/mol. The Hall–Kier alpha value is -1.36. The summed E-state index contributed by atoms with van der Waals surface area (Å²) in [4.78, 5) is 19.3. The first-order valence-electron chi connectivity index (χ1n) is 8.51. The summed E-state index contributed by atoms with van der Waals surface area (Å²) in [7, 11) is 0. The number of likely N-dealkylation sites (tertiary alicyclic amines) is 1. The number of piperidine rings is 1. The largest absolute Gasteiger partial charge is 0.333 e. The van der Waals surface area contributed by atoms with E-state index in [2.05, 4.69) is 11.1 Å². The molecule has 0 N–H and O–H groups in total. The maximum Gasteiger partial charge on any atom is 0.273 e. The second kappa shape index (κ2) is 7.10. The van der Waals surface area contributed by atoms with Crippen LogP contribution in [0.4, 0.5) is 0 Å². The van der Waals surface area contributed by atoms with Crippen molar-refractivity contribution < 1.29 is 4.79 Å². The van der Waals surface area contributed by atoms with E-state index in [0.717, 1.165) is 36.5 Å². The van der Waals surface area contributed by atoms with Gasteiger partial charge in [0.15, 0.2) is 0 Å². The van der Waals surface area contributed by atoms with Crippen LogP contribution in [-0.2, 0) is 0 Å². The van der Waals surface area contributed by atoms with Crippen LogP contribution in [0.5, 0.6) is 0 Å². The molecule has 25 heavy (non-hydrogen) atoms. The zero-order chi connectivity index (χ0) is 17.4. The minimum Gasteiger partial charge on any atom is -0.333 e. The van der Waals surface area contributed by atoms with Gasteiger partial charge in [0.25, 0.3) is 5.91 Å². The standard InChI is InChI=1S/C19H18Cl2N2OS/c20-15-7-3-6-14(17(15)21)18-22-16(11-25-18)19(24)23-9-8-12-4-1-2-5-13(12)10-23/h3,5-7,11-12H,1-2,4,8-10H2/t12-/m1/s1. The first kappa shape index (κ1) is 17.1. The molecule has 1 aromatic carbocycles. The van der Waals surface area contributed by atoms with Crippen molar-refractivity contribution in [3.05, 3.63) is 51.0 Å². The van der Waals surface area contributed by atoms with Crippen LogP contribution < -0.4 is 0 Å². The van der Waals surface area contributed by atoms with Crippen molar-refractivity contribution in [1.29, 1.82) is 0 Å². The van der Waals surface area contributed by atoms with Gasteiger partial charge in [-0.1, -0.05) is 47.0 Å². The summed E-state index contributed by atoms with van der Waals surface area (Å²) in [5.74, 6) is 0.680. The van der Waals surface area contributed by atoms with E-state index in [0.29, 0.717) is 21.7 Å². The van der Waals surface area contributed by atoms with Crippen LogP contribution in [0.3, 0.4) is 0 Å². The van der Waals surface area contributed by atoms with Crippen LogP contribution in [-0.4, -0.2) is 28.9 Å². The van der Waals surface area contributed by atoms with Crippen LogP contribution in [0.15, 0.2) is 35.2 Å². The predicted molar refractivity (Wildman–Crippen MR) is 104 cm³/mol. The molecule has 0 bridgehead atoms. The van der Waals surface area contributed by atoms with Crippen molar-refractivity contribution in [2.45, 2.75) is 25.7 Å². The molecule has 2 aliphatic rings. The van der Waals surface area contributed by atoms with Gasteiger partial charge in [-0.2, -0.15) is 0 Å². The normalized spacial score (nSPS) is 20.2. The second-order valence-electron chi connectivity index (χ2n) is 6.56. The third-order valence-electron chi connectivity index (χ3n) is 5.00. The number of fused-ring (bicyclic) bond motifs is 1. The zero-order valence-corrected chi connectivity index (χ0v) is 16.0. The van der Waals surface area contributed by atoms with Gasteiger partial charge < -0.3 is 4.90 Å². The minimum atomic E-state index is 0.00516. The Morgan fingerprint density at radius 2 is 2.16 bits per heavy atom. The number of carbonyl (C=O) groups is 1. The number of nitrogens with zero attached hydrogens (tertiary/aromatic N) is 2. The highest BCUT2D eigenvalue weighted by Crippen LogP contribution is 2.36. The number of rotatable bonds is 2. The topological polar surface area (TPSA) is 33.2 Å². The quantitative estimate of drug-likeness (QED) is 0.614. The van der Waals surface area contributed by atoms with Gasteiger partial charge >= 0.3 is 0 Å².